The minimum Gasteiger partial charge on any atom is -0.445 e. The number of amides is 2. The van der Waals surface area contributed by atoms with Gasteiger partial charge in [-0.1, -0.05) is 36.4 Å². The van der Waals surface area contributed by atoms with E-state index in [9.17, 15) is 14.7 Å². The second-order valence-electron chi connectivity index (χ2n) is 7.72. The van der Waals surface area contributed by atoms with E-state index in [2.05, 4.69) is 11.9 Å². The second-order valence-corrected chi connectivity index (χ2v) is 7.72. The maximum atomic E-state index is 12.3. The molecule has 1 aliphatic rings. The number of alkyl carbamates (subject to hydrolysis) is 1. The average molecular weight is 376 g/mol. The molecule has 7 nitrogen and oxygen atoms in total. The molecule has 1 aliphatic heterocycles. The number of aliphatic hydroxyl groups is 1. The Morgan fingerprint density at radius 3 is 2.63 bits per heavy atom. The molecule has 2 atom stereocenters. The van der Waals surface area contributed by atoms with Crippen LogP contribution < -0.4 is 5.32 Å². The van der Waals surface area contributed by atoms with Crippen LogP contribution in [-0.4, -0.2) is 52.5 Å². The smallest absolute Gasteiger partial charge is 0.410 e. The van der Waals surface area contributed by atoms with Gasteiger partial charge >= 0.3 is 12.2 Å². The van der Waals surface area contributed by atoms with Crippen LogP contribution in [0.2, 0.25) is 0 Å². The van der Waals surface area contributed by atoms with Gasteiger partial charge in [-0.2, -0.15) is 0 Å². The van der Waals surface area contributed by atoms with Crippen molar-refractivity contribution in [2.45, 2.75) is 51.0 Å². The van der Waals surface area contributed by atoms with Crippen LogP contribution in [0.25, 0.3) is 0 Å². The highest BCUT2D eigenvalue weighted by molar-refractivity contribution is 5.71. The van der Waals surface area contributed by atoms with Crippen molar-refractivity contribution < 1.29 is 24.2 Å². The third kappa shape index (κ3) is 5.99. The number of carbonyl (C=O) groups is 2. The van der Waals surface area contributed by atoms with Gasteiger partial charge in [-0.25, -0.2) is 9.59 Å². The molecule has 2 amide bonds. The number of β-amino-alcohol motifs (C(OH)–C–C–N with tert-alkyl or cyclic N) is 1. The second kappa shape index (κ2) is 8.43. The molecule has 1 fully saturated rings. The van der Waals surface area contributed by atoms with E-state index >= 15 is 0 Å². The standard InChI is InChI=1S/C20H28N2O5/c1-5-11-20(25)14-22(18(24)27-19(2,3)4)12-16(20)21-17(23)26-13-15-9-7-6-8-10-15/h5-10,16,25H,1,11-14H2,2-4H3,(H,21,23)/t16-,20?/m0/s1. The molecule has 2 N–H and O–H groups in total. The summed E-state index contributed by atoms with van der Waals surface area (Å²) in [5.41, 5.74) is -1.12. The van der Waals surface area contributed by atoms with Crippen LogP contribution in [0.5, 0.6) is 0 Å². The molecule has 1 heterocycles. The predicted octanol–water partition coefficient (Wildman–Crippen LogP) is 2.84. The minimum absolute atomic E-state index is 0.0393. The van der Waals surface area contributed by atoms with Gasteiger partial charge in [-0.05, 0) is 32.8 Å². The number of carbonyl (C=O) groups excluding carboxylic acids is 2. The fourth-order valence-electron chi connectivity index (χ4n) is 2.90. The summed E-state index contributed by atoms with van der Waals surface area (Å²) in [5.74, 6) is 0. The van der Waals surface area contributed by atoms with E-state index in [4.69, 9.17) is 9.47 Å². The normalized spacial score (nSPS) is 22.2. The summed E-state index contributed by atoms with van der Waals surface area (Å²) in [7, 11) is 0. The summed E-state index contributed by atoms with van der Waals surface area (Å²) < 4.78 is 10.6. The first kappa shape index (κ1) is 20.8. The van der Waals surface area contributed by atoms with E-state index in [-0.39, 0.29) is 26.1 Å². The molecule has 0 aliphatic carbocycles. The van der Waals surface area contributed by atoms with Crippen molar-refractivity contribution in [2.24, 2.45) is 0 Å². The topological polar surface area (TPSA) is 88.1 Å². The van der Waals surface area contributed by atoms with Crippen molar-refractivity contribution in [1.29, 1.82) is 0 Å². The third-order valence-corrected chi connectivity index (χ3v) is 4.17. The molecule has 7 heteroatoms. The first-order valence-electron chi connectivity index (χ1n) is 8.91. The number of hydrogen-bond donors (Lipinski definition) is 2. The summed E-state index contributed by atoms with van der Waals surface area (Å²) in [6, 6.07) is 8.60. The van der Waals surface area contributed by atoms with Gasteiger partial charge < -0.3 is 24.8 Å². The molecular formula is C20H28N2O5. The van der Waals surface area contributed by atoms with Crippen molar-refractivity contribution in [3.05, 3.63) is 48.6 Å². The molecule has 0 radical (unpaired) electrons. The lowest BCUT2D eigenvalue weighted by Gasteiger charge is -2.28. The zero-order valence-corrected chi connectivity index (χ0v) is 16.1. The molecule has 0 aromatic heterocycles. The molecule has 1 aromatic rings. The SMILES string of the molecule is C=CCC1(O)CN(C(=O)OC(C)(C)C)C[C@@H]1NC(=O)OCc1ccccc1. The summed E-state index contributed by atoms with van der Waals surface area (Å²) >= 11 is 0. The maximum Gasteiger partial charge on any atom is 0.410 e. The van der Waals surface area contributed by atoms with E-state index in [0.29, 0.717) is 0 Å². The van der Waals surface area contributed by atoms with Crippen LogP contribution >= 0.6 is 0 Å². The van der Waals surface area contributed by atoms with E-state index in [1.165, 1.54) is 4.90 Å². The monoisotopic (exact) mass is 376 g/mol. The molecule has 1 aromatic carbocycles. The first-order valence-corrected chi connectivity index (χ1v) is 8.91. The Bertz CT molecular complexity index is 671. The van der Waals surface area contributed by atoms with Crippen molar-refractivity contribution in [2.75, 3.05) is 13.1 Å². The molecule has 27 heavy (non-hydrogen) atoms. The Balaban J connectivity index is 1.98. The zero-order valence-electron chi connectivity index (χ0n) is 16.1. The van der Waals surface area contributed by atoms with Gasteiger partial charge in [-0.3, -0.25) is 0 Å². The van der Waals surface area contributed by atoms with Gasteiger partial charge in [-0.15, -0.1) is 6.58 Å². The van der Waals surface area contributed by atoms with Crippen molar-refractivity contribution in [1.82, 2.24) is 10.2 Å². The van der Waals surface area contributed by atoms with Gasteiger partial charge in [0.2, 0.25) is 0 Å². The van der Waals surface area contributed by atoms with Crippen molar-refractivity contribution >= 4 is 12.2 Å². The summed E-state index contributed by atoms with van der Waals surface area (Å²) in [6.07, 6.45) is 0.586. The molecule has 2 rings (SSSR count). The number of benzene rings is 1. The quantitative estimate of drug-likeness (QED) is 0.772. The Morgan fingerprint density at radius 2 is 2.04 bits per heavy atom. The highest BCUT2D eigenvalue weighted by atomic mass is 16.6. The minimum atomic E-state index is -1.33. The van der Waals surface area contributed by atoms with Crippen LogP contribution in [0, 0.1) is 0 Å². The van der Waals surface area contributed by atoms with E-state index in [1.54, 1.807) is 26.8 Å². The van der Waals surface area contributed by atoms with E-state index < -0.39 is 29.4 Å². The van der Waals surface area contributed by atoms with Gasteiger partial charge in [0.25, 0.3) is 0 Å². The van der Waals surface area contributed by atoms with E-state index in [0.717, 1.165) is 5.56 Å². The van der Waals surface area contributed by atoms with Crippen LogP contribution in [-0.2, 0) is 16.1 Å². The lowest BCUT2D eigenvalue weighted by atomic mass is 9.94. The van der Waals surface area contributed by atoms with Gasteiger partial charge in [0, 0.05) is 6.54 Å². The summed E-state index contributed by atoms with van der Waals surface area (Å²) in [4.78, 5) is 25.9. The fourth-order valence-corrected chi connectivity index (χ4v) is 2.90. The Labute approximate surface area is 159 Å². The van der Waals surface area contributed by atoms with Crippen LogP contribution in [0.1, 0.15) is 32.8 Å². The predicted molar refractivity (Wildman–Crippen MR) is 101 cm³/mol. The zero-order chi connectivity index (χ0) is 20.1. The molecule has 1 unspecified atom stereocenters. The maximum absolute atomic E-state index is 12.3. The number of hydrogen-bond acceptors (Lipinski definition) is 5. The number of rotatable bonds is 5. The van der Waals surface area contributed by atoms with Gasteiger partial charge in [0.15, 0.2) is 0 Å². The summed E-state index contributed by atoms with van der Waals surface area (Å²) in [5, 5.41) is 13.6. The molecule has 0 bridgehead atoms. The van der Waals surface area contributed by atoms with Gasteiger partial charge in [0.05, 0.1) is 12.6 Å². The van der Waals surface area contributed by atoms with Crippen molar-refractivity contribution in [3.8, 4) is 0 Å². The fraction of sp³-hybridized carbons (Fsp3) is 0.500. The molecule has 0 spiro atoms. The Hall–Kier alpha value is -2.54. The molecule has 1 saturated heterocycles. The number of ether oxygens (including phenoxy) is 2. The molecule has 0 saturated carbocycles. The van der Waals surface area contributed by atoms with Crippen molar-refractivity contribution in [3.63, 3.8) is 0 Å². The molecular weight excluding hydrogens is 348 g/mol. The average Bonchev–Trinajstić information content (AvgIpc) is 2.89. The number of likely N-dealkylation sites (tertiary alicyclic amines) is 1. The largest absolute Gasteiger partial charge is 0.445 e. The Kier molecular flexibility index (Phi) is 6.49. The molecule has 148 valence electrons. The van der Waals surface area contributed by atoms with Crippen LogP contribution in [0.4, 0.5) is 9.59 Å². The highest BCUT2D eigenvalue weighted by Crippen LogP contribution is 2.27. The van der Waals surface area contributed by atoms with Gasteiger partial charge in [0.1, 0.15) is 17.8 Å². The lowest BCUT2D eigenvalue weighted by molar-refractivity contribution is 0.0110. The summed E-state index contributed by atoms with van der Waals surface area (Å²) in [6.45, 7) is 9.25. The van der Waals surface area contributed by atoms with Crippen LogP contribution in [0.3, 0.4) is 0 Å². The Morgan fingerprint density at radius 1 is 1.37 bits per heavy atom. The highest BCUT2D eigenvalue weighted by Gasteiger charge is 2.48. The van der Waals surface area contributed by atoms with Crippen LogP contribution in [0.15, 0.2) is 43.0 Å². The third-order valence-electron chi connectivity index (χ3n) is 4.17. The number of nitrogens with one attached hydrogen (secondary N) is 1. The van der Waals surface area contributed by atoms with E-state index in [1.807, 2.05) is 30.3 Å². The lowest BCUT2D eigenvalue weighted by Crippen LogP contribution is -2.51. The number of nitrogens with zero attached hydrogens (tertiary/aromatic N) is 1. The first-order chi connectivity index (χ1) is 12.6.